The summed E-state index contributed by atoms with van der Waals surface area (Å²) < 4.78 is 3.12. The van der Waals surface area contributed by atoms with Crippen LogP contribution in [0.1, 0.15) is 36.7 Å². The minimum atomic E-state index is 0.334. The summed E-state index contributed by atoms with van der Waals surface area (Å²) in [5, 5.41) is 0. The molecule has 3 nitrogen and oxygen atoms in total. The molecule has 0 atom stereocenters. The summed E-state index contributed by atoms with van der Waals surface area (Å²) in [4.78, 5) is 15.8. The van der Waals surface area contributed by atoms with Gasteiger partial charge in [-0.2, -0.15) is 0 Å². The molecule has 1 aromatic heterocycles. The van der Waals surface area contributed by atoms with Gasteiger partial charge in [0, 0.05) is 25.3 Å². The molecule has 0 unspecified atom stereocenters. The van der Waals surface area contributed by atoms with Crippen molar-refractivity contribution in [3.05, 3.63) is 16.1 Å². The van der Waals surface area contributed by atoms with Crippen molar-refractivity contribution in [2.45, 2.75) is 38.1 Å². The molecule has 2 aliphatic rings. The van der Waals surface area contributed by atoms with Crippen molar-refractivity contribution in [1.82, 2.24) is 9.55 Å². The van der Waals surface area contributed by atoms with Crippen molar-refractivity contribution < 1.29 is 4.79 Å². The highest BCUT2D eigenvalue weighted by molar-refractivity contribution is 9.10. The van der Waals surface area contributed by atoms with E-state index in [4.69, 9.17) is 0 Å². The molecule has 0 N–H and O–H groups in total. The average Bonchev–Trinajstić information content (AvgIpc) is 2.94. The molecular weight excluding hydrogens is 244 g/mol. The Morgan fingerprint density at radius 1 is 1.43 bits per heavy atom. The van der Waals surface area contributed by atoms with Gasteiger partial charge in [0.15, 0.2) is 0 Å². The van der Waals surface area contributed by atoms with E-state index in [1.807, 2.05) is 0 Å². The average molecular weight is 255 g/mol. The minimum absolute atomic E-state index is 0.334. The molecule has 1 saturated carbocycles. The predicted molar refractivity (Wildman–Crippen MR) is 55.2 cm³/mol. The number of halogens is 1. The number of fused-ring (bicyclic) bond motifs is 1. The molecule has 1 aliphatic heterocycles. The Bertz CT molecular complexity index is 406. The molecule has 1 aromatic rings. The Morgan fingerprint density at radius 3 is 2.93 bits per heavy atom. The number of nitrogens with zero attached hydrogens (tertiary/aromatic N) is 2. The zero-order valence-electron chi connectivity index (χ0n) is 7.79. The van der Waals surface area contributed by atoms with Crippen molar-refractivity contribution in [3.63, 3.8) is 0 Å². The third kappa shape index (κ3) is 1.24. The second-order valence-corrected chi connectivity index (χ2v) is 4.85. The van der Waals surface area contributed by atoms with Crippen LogP contribution in [0.5, 0.6) is 0 Å². The summed E-state index contributed by atoms with van der Waals surface area (Å²) in [7, 11) is 0. The van der Waals surface area contributed by atoms with Crippen molar-refractivity contribution in [2.75, 3.05) is 0 Å². The fourth-order valence-corrected chi connectivity index (χ4v) is 2.59. The zero-order valence-corrected chi connectivity index (χ0v) is 9.38. The Morgan fingerprint density at radius 2 is 2.21 bits per heavy atom. The van der Waals surface area contributed by atoms with Gasteiger partial charge in [0.05, 0.1) is 5.69 Å². The van der Waals surface area contributed by atoms with E-state index in [-0.39, 0.29) is 0 Å². The Labute approximate surface area is 90.6 Å². The van der Waals surface area contributed by atoms with Crippen LogP contribution in [0.2, 0.25) is 0 Å². The molecule has 4 heteroatoms. The zero-order chi connectivity index (χ0) is 9.71. The van der Waals surface area contributed by atoms with Crippen molar-refractivity contribution in [2.24, 2.45) is 0 Å². The maximum absolute atomic E-state index is 11.3. The molecule has 2 heterocycles. The van der Waals surface area contributed by atoms with Crippen LogP contribution >= 0.6 is 15.9 Å². The fourth-order valence-electron chi connectivity index (χ4n) is 2.06. The van der Waals surface area contributed by atoms with E-state index in [1.165, 1.54) is 18.7 Å². The van der Waals surface area contributed by atoms with Crippen LogP contribution < -0.4 is 0 Å². The lowest BCUT2D eigenvalue weighted by Gasteiger charge is -2.15. The summed E-state index contributed by atoms with van der Waals surface area (Å²) in [5.74, 6) is 2.19. The summed E-state index contributed by atoms with van der Waals surface area (Å²) in [6.07, 6.45) is 3.75. The number of rotatable bonds is 1. The maximum atomic E-state index is 11.3. The van der Waals surface area contributed by atoms with Crippen LogP contribution in [0.25, 0.3) is 0 Å². The summed E-state index contributed by atoms with van der Waals surface area (Å²) >= 11 is 3.44. The van der Waals surface area contributed by atoms with E-state index in [0.29, 0.717) is 24.5 Å². The monoisotopic (exact) mass is 254 g/mol. The molecule has 0 aromatic carbocycles. The largest absolute Gasteiger partial charge is 0.330 e. The molecule has 0 radical (unpaired) electrons. The number of aromatic nitrogens is 2. The van der Waals surface area contributed by atoms with Gasteiger partial charge in [0.1, 0.15) is 16.2 Å². The molecular formula is C10H11BrN2O. The number of carbonyl (C=O) groups is 1. The Hall–Kier alpha value is -0.640. The summed E-state index contributed by atoms with van der Waals surface area (Å²) in [6, 6.07) is 0. The molecule has 14 heavy (non-hydrogen) atoms. The van der Waals surface area contributed by atoms with Gasteiger partial charge in [-0.1, -0.05) is 0 Å². The number of ketones is 1. The maximum Gasteiger partial charge on any atom is 0.140 e. The summed E-state index contributed by atoms with van der Waals surface area (Å²) in [5.41, 5.74) is 1.09. The first-order valence-electron chi connectivity index (χ1n) is 5.02. The fraction of sp³-hybridized carbons (Fsp3) is 0.600. The SMILES string of the molecule is O=C1CCn2c(C3CC3)nc(Br)c2C1. The van der Waals surface area contributed by atoms with Crippen LogP contribution in [0.15, 0.2) is 4.60 Å². The Balaban J connectivity index is 2.08. The standard InChI is InChI=1S/C10H11BrN2O/c11-9-8-5-7(14)3-4-13(8)10(12-9)6-1-2-6/h6H,1-5H2. The molecule has 0 saturated heterocycles. The smallest absolute Gasteiger partial charge is 0.140 e. The lowest BCUT2D eigenvalue weighted by Crippen LogP contribution is -2.19. The first-order valence-corrected chi connectivity index (χ1v) is 5.81. The topological polar surface area (TPSA) is 34.9 Å². The molecule has 3 rings (SSSR count). The third-order valence-electron chi connectivity index (χ3n) is 2.97. The Kier molecular flexibility index (Phi) is 1.81. The highest BCUT2D eigenvalue weighted by Crippen LogP contribution is 2.41. The second kappa shape index (κ2) is 2.92. The van der Waals surface area contributed by atoms with Crippen LogP contribution in [0.3, 0.4) is 0 Å². The van der Waals surface area contributed by atoms with Crippen molar-refractivity contribution >= 4 is 21.7 Å². The van der Waals surface area contributed by atoms with E-state index < -0.39 is 0 Å². The highest BCUT2D eigenvalue weighted by Gasteiger charge is 2.32. The van der Waals surface area contributed by atoms with E-state index in [9.17, 15) is 4.79 Å². The van der Waals surface area contributed by atoms with Gasteiger partial charge in [-0.05, 0) is 28.8 Å². The first kappa shape index (κ1) is 8.65. The molecule has 74 valence electrons. The predicted octanol–water partition coefficient (Wildman–Crippen LogP) is 2.04. The minimum Gasteiger partial charge on any atom is -0.330 e. The molecule has 0 bridgehead atoms. The number of hydrogen-bond donors (Lipinski definition) is 0. The van der Waals surface area contributed by atoms with E-state index in [0.717, 1.165) is 16.8 Å². The number of hydrogen-bond acceptors (Lipinski definition) is 2. The molecule has 1 aliphatic carbocycles. The van der Waals surface area contributed by atoms with Gasteiger partial charge < -0.3 is 4.57 Å². The number of Topliss-reactive ketones (excluding diaryl/α,β-unsaturated/α-hetero) is 1. The van der Waals surface area contributed by atoms with Gasteiger partial charge in [0.25, 0.3) is 0 Å². The van der Waals surface area contributed by atoms with Gasteiger partial charge in [-0.25, -0.2) is 4.98 Å². The van der Waals surface area contributed by atoms with Crippen molar-refractivity contribution in [3.8, 4) is 0 Å². The van der Waals surface area contributed by atoms with Crippen LogP contribution in [-0.2, 0) is 17.8 Å². The van der Waals surface area contributed by atoms with Gasteiger partial charge in [-0.15, -0.1) is 0 Å². The van der Waals surface area contributed by atoms with E-state index in [2.05, 4.69) is 25.5 Å². The normalized spacial score (nSPS) is 21.1. The second-order valence-electron chi connectivity index (χ2n) is 4.10. The quantitative estimate of drug-likeness (QED) is 0.769. The van der Waals surface area contributed by atoms with Crippen LogP contribution in [-0.4, -0.2) is 15.3 Å². The van der Waals surface area contributed by atoms with Gasteiger partial charge in [-0.3, -0.25) is 4.79 Å². The third-order valence-corrected chi connectivity index (χ3v) is 3.61. The number of imidazole rings is 1. The van der Waals surface area contributed by atoms with Crippen LogP contribution in [0.4, 0.5) is 0 Å². The van der Waals surface area contributed by atoms with E-state index in [1.54, 1.807) is 0 Å². The van der Waals surface area contributed by atoms with Crippen molar-refractivity contribution in [1.29, 1.82) is 0 Å². The molecule has 1 fully saturated rings. The van der Waals surface area contributed by atoms with Crippen LogP contribution in [0, 0.1) is 0 Å². The lowest BCUT2D eigenvalue weighted by molar-refractivity contribution is -0.119. The highest BCUT2D eigenvalue weighted by atomic mass is 79.9. The lowest BCUT2D eigenvalue weighted by atomic mass is 10.1. The first-order chi connectivity index (χ1) is 6.75. The summed E-state index contributed by atoms with van der Waals surface area (Å²) in [6.45, 7) is 0.832. The van der Waals surface area contributed by atoms with Gasteiger partial charge >= 0.3 is 0 Å². The number of carbonyl (C=O) groups excluding carboxylic acids is 1. The molecule has 0 amide bonds. The van der Waals surface area contributed by atoms with E-state index >= 15 is 0 Å². The van der Waals surface area contributed by atoms with Gasteiger partial charge in [0.2, 0.25) is 0 Å². The molecule has 0 spiro atoms.